The number of hydrogen-bond acceptors (Lipinski definition) is 5. The summed E-state index contributed by atoms with van der Waals surface area (Å²) in [6.07, 6.45) is 0.705. The topological polar surface area (TPSA) is 71.1 Å². The highest BCUT2D eigenvalue weighted by Gasteiger charge is 2.34. The minimum absolute atomic E-state index is 0.0175. The van der Waals surface area contributed by atoms with Gasteiger partial charge in [-0.2, -0.15) is 0 Å². The van der Waals surface area contributed by atoms with Crippen molar-refractivity contribution in [1.82, 2.24) is 15.1 Å². The van der Waals surface area contributed by atoms with E-state index < -0.39 is 5.60 Å². The van der Waals surface area contributed by atoms with Crippen LogP contribution >= 0.6 is 0 Å². The van der Waals surface area contributed by atoms with E-state index in [4.69, 9.17) is 9.47 Å². The summed E-state index contributed by atoms with van der Waals surface area (Å²) in [5, 5.41) is 3.43. The summed E-state index contributed by atoms with van der Waals surface area (Å²) in [5.74, 6) is 0.0175. The van der Waals surface area contributed by atoms with E-state index in [2.05, 4.69) is 12.2 Å². The van der Waals surface area contributed by atoms with Crippen LogP contribution in [0.25, 0.3) is 0 Å². The summed E-state index contributed by atoms with van der Waals surface area (Å²) >= 11 is 0. The normalized spacial score (nSPS) is 28.9. The SMILES string of the molecule is CCC1CN(C[C@H]2CN(C(=O)OC(C)(C)C)[C@H](C)CN2)C(=O)CO1. The maximum absolute atomic E-state index is 12.4. The van der Waals surface area contributed by atoms with Gasteiger partial charge in [-0.05, 0) is 34.1 Å². The van der Waals surface area contributed by atoms with E-state index >= 15 is 0 Å². The van der Waals surface area contributed by atoms with Crippen LogP contribution < -0.4 is 5.32 Å². The van der Waals surface area contributed by atoms with Crippen LogP contribution in [0.2, 0.25) is 0 Å². The van der Waals surface area contributed by atoms with E-state index in [1.165, 1.54) is 0 Å². The van der Waals surface area contributed by atoms with Crippen LogP contribution in [0, 0.1) is 0 Å². The Balaban J connectivity index is 1.94. The third-order valence-corrected chi connectivity index (χ3v) is 4.39. The van der Waals surface area contributed by atoms with Crippen molar-refractivity contribution < 1.29 is 19.1 Å². The first-order valence-electron chi connectivity index (χ1n) is 8.82. The molecular weight excluding hydrogens is 310 g/mol. The monoisotopic (exact) mass is 341 g/mol. The Kier molecular flexibility index (Phi) is 6.09. The average Bonchev–Trinajstić information content (AvgIpc) is 2.49. The molecule has 3 atom stereocenters. The van der Waals surface area contributed by atoms with Crippen molar-refractivity contribution in [3.8, 4) is 0 Å². The van der Waals surface area contributed by atoms with Gasteiger partial charge in [-0.15, -0.1) is 0 Å². The van der Waals surface area contributed by atoms with Crippen molar-refractivity contribution in [1.29, 1.82) is 0 Å². The molecule has 0 aliphatic carbocycles. The first-order chi connectivity index (χ1) is 11.2. The second kappa shape index (κ2) is 7.70. The molecule has 24 heavy (non-hydrogen) atoms. The van der Waals surface area contributed by atoms with Gasteiger partial charge >= 0.3 is 6.09 Å². The van der Waals surface area contributed by atoms with Crippen molar-refractivity contribution in [2.75, 3.05) is 32.8 Å². The lowest BCUT2D eigenvalue weighted by atomic mass is 10.1. The van der Waals surface area contributed by atoms with Gasteiger partial charge in [-0.3, -0.25) is 4.79 Å². The minimum atomic E-state index is -0.508. The zero-order chi connectivity index (χ0) is 17.9. The van der Waals surface area contributed by atoms with Gasteiger partial charge < -0.3 is 24.6 Å². The molecule has 0 aromatic heterocycles. The summed E-state index contributed by atoms with van der Waals surface area (Å²) in [4.78, 5) is 28.1. The molecule has 2 amide bonds. The van der Waals surface area contributed by atoms with E-state index in [-0.39, 0.29) is 36.8 Å². The maximum atomic E-state index is 12.4. The first-order valence-corrected chi connectivity index (χ1v) is 8.82. The van der Waals surface area contributed by atoms with Crippen LogP contribution in [-0.4, -0.2) is 78.4 Å². The van der Waals surface area contributed by atoms with Gasteiger partial charge in [0.25, 0.3) is 0 Å². The molecule has 1 N–H and O–H groups in total. The Bertz CT molecular complexity index is 463. The van der Waals surface area contributed by atoms with Crippen LogP contribution in [0.4, 0.5) is 4.79 Å². The van der Waals surface area contributed by atoms with Gasteiger partial charge in [0.2, 0.25) is 5.91 Å². The molecule has 2 saturated heterocycles. The second-order valence-corrected chi connectivity index (χ2v) is 7.73. The molecule has 2 aliphatic heterocycles. The van der Waals surface area contributed by atoms with Crippen LogP contribution in [0.3, 0.4) is 0 Å². The van der Waals surface area contributed by atoms with Crippen molar-refractivity contribution >= 4 is 12.0 Å². The molecule has 0 aromatic carbocycles. The van der Waals surface area contributed by atoms with E-state index in [1.54, 1.807) is 4.90 Å². The number of piperazine rings is 1. The zero-order valence-electron chi connectivity index (χ0n) is 15.5. The number of amides is 2. The van der Waals surface area contributed by atoms with Crippen molar-refractivity contribution in [3.05, 3.63) is 0 Å². The standard InChI is InChI=1S/C17H31N3O4/c1-6-14-10-19(15(21)11-23-14)8-13-9-20(12(2)7-18-13)16(22)24-17(3,4)5/h12-14,18H,6-11H2,1-5H3/t12-,13+,14?/m1/s1. The van der Waals surface area contributed by atoms with E-state index in [9.17, 15) is 9.59 Å². The maximum Gasteiger partial charge on any atom is 0.410 e. The zero-order valence-corrected chi connectivity index (χ0v) is 15.5. The number of hydrogen-bond donors (Lipinski definition) is 1. The van der Waals surface area contributed by atoms with Crippen molar-refractivity contribution in [3.63, 3.8) is 0 Å². The number of rotatable bonds is 3. The van der Waals surface area contributed by atoms with Gasteiger partial charge in [0.15, 0.2) is 0 Å². The van der Waals surface area contributed by atoms with E-state index in [1.807, 2.05) is 32.6 Å². The Morgan fingerprint density at radius 2 is 2.08 bits per heavy atom. The highest BCUT2D eigenvalue weighted by molar-refractivity contribution is 5.78. The minimum Gasteiger partial charge on any atom is -0.444 e. The molecule has 0 radical (unpaired) electrons. The molecular formula is C17H31N3O4. The fourth-order valence-corrected chi connectivity index (χ4v) is 3.00. The molecule has 2 heterocycles. The van der Waals surface area contributed by atoms with Gasteiger partial charge in [0.05, 0.1) is 6.10 Å². The Labute approximate surface area is 144 Å². The lowest BCUT2D eigenvalue weighted by molar-refractivity contribution is -0.149. The van der Waals surface area contributed by atoms with E-state index in [0.29, 0.717) is 26.2 Å². The summed E-state index contributed by atoms with van der Waals surface area (Å²) in [6, 6.07) is 0.119. The molecule has 0 spiro atoms. The summed E-state index contributed by atoms with van der Waals surface area (Å²) in [7, 11) is 0. The summed E-state index contributed by atoms with van der Waals surface area (Å²) in [6.45, 7) is 12.3. The molecule has 7 nitrogen and oxygen atoms in total. The molecule has 0 aromatic rings. The highest BCUT2D eigenvalue weighted by atomic mass is 16.6. The molecule has 0 saturated carbocycles. The predicted molar refractivity (Wildman–Crippen MR) is 90.8 cm³/mol. The number of nitrogens with one attached hydrogen (secondary N) is 1. The Hall–Kier alpha value is -1.34. The van der Waals surface area contributed by atoms with Crippen LogP contribution in [0.5, 0.6) is 0 Å². The van der Waals surface area contributed by atoms with Crippen LogP contribution in [0.1, 0.15) is 41.0 Å². The van der Waals surface area contributed by atoms with Gasteiger partial charge in [0, 0.05) is 38.3 Å². The summed E-state index contributed by atoms with van der Waals surface area (Å²) < 4.78 is 11.0. The van der Waals surface area contributed by atoms with Gasteiger partial charge in [-0.1, -0.05) is 6.92 Å². The molecule has 2 aliphatic rings. The first kappa shape index (κ1) is 19.0. The molecule has 1 unspecified atom stereocenters. The summed E-state index contributed by atoms with van der Waals surface area (Å²) in [5.41, 5.74) is -0.508. The fraction of sp³-hybridized carbons (Fsp3) is 0.882. The number of nitrogens with zero attached hydrogens (tertiary/aromatic N) is 2. The quantitative estimate of drug-likeness (QED) is 0.836. The molecule has 2 rings (SSSR count). The lowest BCUT2D eigenvalue weighted by Crippen LogP contribution is -2.62. The second-order valence-electron chi connectivity index (χ2n) is 7.73. The third-order valence-electron chi connectivity index (χ3n) is 4.39. The number of ether oxygens (including phenoxy) is 2. The Morgan fingerprint density at radius 1 is 1.38 bits per heavy atom. The Morgan fingerprint density at radius 3 is 2.71 bits per heavy atom. The number of morpholine rings is 1. The molecule has 138 valence electrons. The van der Waals surface area contributed by atoms with Gasteiger partial charge in [0.1, 0.15) is 12.2 Å². The van der Waals surface area contributed by atoms with Crippen molar-refractivity contribution in [2.45, 2.75) is 64.8 Å². The fourth-order valence-electron chi connectivity index (χ4n) is 3.00. The van der Waals surface area contributed by atoms with Crippen molar-refractivity contribution in [2.24, 2.45) is 0 Å². The molecule has 2 fully saturated rings. The highest BCUT2D eigenvalue weighted by Crippen LogP contribution is 2.16. The van der Waals surface area contributed by atoms with Crippen LogP contribution in [-0.2, 0) is 14.3 Å². The van der Waals surface area contributed by atoms with Gasteiger partial charge in [-0.25, -0.2) is 4.79 Å². The third kappa shape index (κ3) is 5.08. The predicted octanol–water partition coefficient (Wildman–Crippen LogP) is 1.22. The molecule has 0 bridgehead atoms. The number of carbonyl (C=O) groups excluding carboxylic acids is 2. The van der Waals surface area contributed by atoms with E-state index in [0.717, 1.165) is 6.42 Å². The largest absolute Gasteiger partial charge is 0.444 e. The number of carbonyl (C=O) groups is 2. The average molecular weight is 341 g/mol. The van der Waals surface area contributed by atoms with Crippen LogP contribution in [0.15, 0.2) is 0 Å². The molecule has 7 heteroatoms. The lowest BCUT2D eigenvalue weighted by Gasteiger charge is -2.42. The smallest absolute Gasteiger partial charge is 0.410 e.